The van der Waals surface area contributed by atoms with Crippen molar-refractivity contribution >= 4 is 27.3 Å². The maximum atomic E-state index is 9.27. The largest absolute Gasteiger partial charge is 2.00 e. The Morgan fingerprint density at radius 1 is 0.559 bits per heavy atom. The van der Waals surface area contributed by atoms with Gasteiger partial charge < -0.3 is 35.1 Å². The summed E-state index contributed by atoms with van der Waals surface area (Å²) < 4.78 is 1.38. The second kappa shape index (κ2) is 12.4. The Hall–Kier alpha value is -2.39. The molecule has 0 aromatic heterocycles. The quantitative estimate of drug-likeness (QED) is 0.253. The summed E-state index contributed by atoms with van der Waals surface area (Å²) >= 11 is 3.76. The minimum absolute atomic E-state index is 0. The third-order valence-electron chi connectivity index (χ3n) is 7.42. The summed E-state index contributed by atoms with van der Waals surface area (Å²) in [5.41, 5.74) is 26.5. The van der Waals surface area contributed by atoms with Crippen molar-refractivity contribution in [1.82, 2.24) is 0 Å². The van der Waals surface area contributed by atoms with Crippen molar-refractivity contribution < 1.29 is 19.5 Å². The number of rotatable bonds is 0. The van der Waals surface area contributed by atoms with E-state index >= 15 is 0 Å². The van der Waals surface area contributed by atoms with E-state index in [4.69, 9.17) is 35.1 Å². The van der Waals surface area contributed by atoms with E-state index in [1.165, 1.54) is 87.5 Å². The number of benzene rings is 2. The van der Waals surface area contributed by atoms with Crippen LogP contribution in [0.3, 0.4) is 0 Å². The van der Waals surface area contributed by atoms with E-state index in [1.807, 2.05) is 0 Å². The molecule has 0 spiro atoms. The maximum Gasteiger partial charge on any atom is 2.00 e. The molecule has 0 fully saturated rings. The van der Waals surface area contributed by atoms with Crippen LogP contribution in [-0.2, 0) is 70.8 Å². The molecule has 6 rings (SSSR count). The Labute approximate surface area is 224 Å². The number of hydrogen-bond acceptors (Lipinski definition) is 5. The first-order valence-corrected chi connectivity index (χ1v) is 12.3. The molecule has 0 heterocycles. The molecule has 4 aliphatic carbocycles. The first kappa shape index (κ1) is 27.9. The zero-order valence-electron chi connectivity index (χ0n) is 19.6. The molecule has 34 heavy (non-hydrogen) atoms. The van der Waals surface area contributed by atoms with Crippen LogP contribution in [0.2, 0.25) is 0 Å². The van der Waals surface area contributed by atoms with Crippen LogP contribution in [0.15, 0.2) is 4.47 Å². The predicted molar refractivity (Wildman–Crippen MR) is 132 cm³/mol. The molecule has 0 unspecified atom stereocenters. The standard InChI is InChI=1S/C13H14N2.C12H14BrN.2CN.Zn/c14-7-12-8-3-1-5-10(8)13(15)11-6-2-4-9(11)12;13-11-7-3-1-5-9(7)12(14)10-6-2-4-8(10)11;2*1-2;/h1-6,15H2;1-6,14H2;;;/q;;2*-1;+2. The van der Waals surface area contributed by atoms with E-state index in [9.17, 15) is 5.26 Å². The Bertz CT molecular complexity index is 1050. The summed E-state index contributed by atoms with van der Waals surface area (Å²) in [6.45, 7) is 9.50. The van der Waals surface area contributed by atoms with Crippen LogP contribution >= 0.6 is 15.9 Å². The maximum absolute atomic E-state index is 9.27. The van der Waals surface area contributed by atoms with Crippen molar-refractivity contribution in [3.8, 4) is 6.07 Å². The zero-order chi connectivity index (χ0) is 24.1. The van der Waals surface area contributed by atoms with Crippen molar-refractivity contribution in [2.75, 3.05) is 11.5 Å². The Morgan fingerprint density at radius 3 is 1.15 bits per heavy atom. The van der Waals surface area contributed by atoms with Gasteiger partial charge in [-0.1, -0.05) is 15.9 Å². The fraction of sp³-hybridized carbons (Fsp3) is 0.444. The molecule has 0 saturated heterocycles. The summed E-state index contributed by atoms with van der Waals surface area (Å²) in [5, 5.41) is 21.8. The van der Waals surface area contributed by atoms with Crippen LogP contribution in [0.5, 0.6) is 0 Å². The van der Waals surface area contributed by atoms with Gasteiger partial charge in [-0.2, -0.15) is 5.26 Å². The molecule has 7 heteroatoms. The molecule has 2 aromatic rings. The van der Waals surface area contributed by atoms with E-state index < -0.39 is 0 Å². The monoisotopic (exact) mass is 565 g/mol. The van der Waals surface area contributed by atoms with Crippen molar-refractivity contribution in [2.45, 2.75) is 77.0 Å². The van der Waals surface area contributed by atoms with E-state index in [0.717, 1.165) is 55.5 Å². The van der Waals surface area contributed by atoms with Gasteiger partial charge in [0.1, 0.15) is 0 Å². The molecular formula is C27H28BrN5Zn. The number of hydrogen-bond donors (Lipinski definition) is 2. The molecule has 2 aromatic carbocycles. The van der Waals surface area contributed by atoms with Crippen molar-refractivity contribution in [3.05, 3.63) is 67.7 Å². The third kappa shape index (κ3) is 4.73. The van der Waals surface area contributed by atoms with Gasteiger partial charge in [-0.05, 0) is 122 Å². The molecule has 4 N–H and O–H groups in total. The minimum Gasteiger partial charge on any atom is -0.512 e. The number of halogens is 1. The summed E-state index contributed by atoms with van der Waals surface area (Å²) in [6.07, 6.45) is 13.9. The van der Waals surface area contributed by atoms with Crippen molar-refractivity contribution in [2.24, 2.45) is 0 Å². The van der Waals surface area contributed by atoms with Gasteiger partial charge in [-0.15, -0.1) is 0 Å². The van der Waals surface area contributed by atoms with Crippen LogP contribution < -0.4 is 11.5 Å². The van der Waals surface area contributed by atoms with Crippen LogP contribution in [0.25, 0.3) is 0 Å². The molecule has 0 saturated carbocycles. The van der Waals surface area contributed by atoms with Crippen molar-refractivity contribution in [1.29, 1.82) is 15.8 Å². The molecule has 0 radical (unpaired) electrons. The third-order valence-corrected chi connectivity index (χ3v) is 8.37. The number of anilines is 2. The molecule has 0 amide bonds. The number of nitrogens with two attached hydrogens (primary N) is 2. The Kier molecular flexibility index (Phi) is 10.1. The summed E-state index contributed by atoms with van der Waals surface area (Å²) in [7, 11) is 0. The smallest absolute Gasteiger partial charge is 0.512 e. The van der Waals surface area contributed by atoms with Crippen LogP contribution in [0.1, 0.15) is 75.8 Å². The van der Waals surface area contributed by atoms with E-state index in [1.54, 1.807) is 0 Å². The van der Waals surface area contributed by atoms with Gasteiger partial charge in [-0.25, -0.2) is 0 Å². The van der Waals surface area contributed by atoms with Gasteiger partial charge in [0.25, 0.3) is 0 Å². The molecular weight excluding hydrogens is 540 g/mol. The van der Waals surface area contributed by atoms with Crippen LogP contribution in [0.4, 0.5) is 11.4 Å². The molecule has 5 nitrogen and oxygen atoms in total. The van der Waals surface area contributed by atoms with Gasteiger partial charge in [-0.3, -0.25) is 0 Å². The first-order valence-electron chi connectivity index (χ1n) is 11.5. The van der Waals surface area contributed by atoms with Gasteiger partial charge >= 0.3 is 19.5 Å². The molecule has 170 valence electrons. The average Bonchev–Trinajstić information content (AvgIpc) is 3.66. The zero-order valence-corrected chi connectivity index (χ0v) is 24.1. The van der Waals surface area contributed by atoms with E-state index in [0.29, 0.717) is 0 Å². The Morgan fingerprint density at radius 2 is 0.824 bits per heavy atom. The van der Waals surface area contributed by atoms with Gasteiger partial charge in [0.2, 0.25) is 0 Å². The molecule has 0 bridgehead atoms. The Balaban J connectivity index is 0.000000205. The first-order chi connectivity index (χ1) is 16.1. The normalized spacial score (nSPS) is 15.3. The average molecular weight is 568 g/mol. The van der Waals surface area contributed by atoms with E-state index in [-0.39, 0.29) is 19.5 Å². The summed E-state index contributed by atoms with van der Waals surface area (Å²) in [5.74, 6) is 0. The van der Waals surface area contributed by atoms with Crippen molar-refractivity contribution in [3.63, 3.8) is 0 Å². The number of nitrogens with zero attached hydrogens (tertiary/aromatic N) is 3. The molecule has 4 aliphatic rings. The second-order valence-electron chi connectivity index (χ2n) is 8.87. The SMILES string of the molecule is N#Cc1c2c(c(N)c3c1CCC3)CCC2.Nc1c2c(c(Br)c3c1CCC3)CCC2.[C-]#N.[C-]#N.[Zn+2]. The minimum atomic E-state index is 0. The summed E-state index contributed by atoms with van der Waals surface area (Å²) in [4.78, 5) is 0. The number of nitriles is 1. The molecule has 0 aliphatic heterocycles. The topological polar surface area (TPSA) is 123 Å². The van der Waals surface area contributed by atoms with Crippen LogP contribution in [-0.4, -0.2) is 0 Å². The molecule has 0 atom stereocenters. The predicted octanol–water partition coefficient (Wildman–Crippen LogP) is 5.32. The second-order valence-corrected chi connectivity index (χ2v) is 9.66. The van der Waals surface area contributed by atoms with Gasteiger partial charge in [0, 0.05) is 15.8 Å². The summed E-state index contributed by atoms with van der Waals surface area (Å²) in [6, 6.07) is 2.40. The van der Waals surface area contributed by atoms with Gasteiger partial charge in [0.15, 0.2) is 0 Å². The van der Waals surface area contributed by atoms with Gasteiger partial charge in [0.05, 0.1) is 11.6 Å². The number of fused-ring (bicyclic) bond motifs is 4. The van der Waals surface area contributed by atoms with E-state index in [2.05, 4.69) is 22.0 Å². The fourth-order valence-corrected chi connectivity index (χ4v) is 6.94. The number of nitrogen functional groups attached to an aromatic ring is 2. The fourth-order valence-electron chi connectivity index (χ4n) is 6.06. The van der Waals surface area contributed by atoms with Crippen LogP contribution in [0, 0.1) is 35.0 Å².